The molecule has 0 bridgehead atoms. The molecule has 0 heterocycles. The summed E-state index contributed by atoms with van der Waals surface area (Å²) in [6, 6.07) is 16.4. The quantitative estimate of drug-likeness (QED) is 0.328. The lowest BCUT2D eigenvalue weighted by molar-refractivity contribution is -0.145. The van der Waals surface area contributed by atoms with Gasteiger partial charge < -0.3 is 9.84 Å². The van der Waals surface area contributed by atoms with Crippen LogP contribution in [0.1, 0.15) is 33.6 Å². The number of aliphatic hydroxyl groups excluding tert-OH is 1. The van der Waals surface area contributed by atoms with Crippen LogP contribution in [-0.2, 0) is 9.53 Å². The van der Waals surface area contributed by atoms with Crippen LogP contribution in [0.4, 0.5) is 0 Å². The lowest BCUT2D eigenvalue weighted by Crippen LogP contribution is -2.34. The van der Waals surface area contributed by atoms with Gasteiger partial charge in [0.15, 0.2) is 17.5 Å². The van der Waals surface area contributed by atoms with Gasteiger partial charge in [-0.25, -0.2) is 0 Å². The lowest BCUT2D eigenvalue weighted by Gasteiger charge is -2.14. The van der Waals surface area contributed by atoms with Gasteiger partial charge in [0.25, 0.3) is 0 Å². The molecule has 1 N–H and O–H groups in total. The Morgan fingerprint density at radius 1 is 0.800 bits per heavy atom. The molecule has 2 aromatic rings. The predicted octanol–water partition coefficient (Wildman–Crippen LogP) is 2.68. The first kappa shape index (κ1) is 18.5. The Morgan fingerprint density at radius 2 is 1.28 bits per heavy atom. The molecule has 0 saturated carbocycles. The van der Waals surface area contributed by atoms with E-state index in [1.807, 2.05) is 0 Å². The lowest BCUT2D eigenvalue weighted by atomic mass is 9.90. The highest BCUT2D eigenvalue weighted by Crippen LogP contribution is 2.17. The number of Topliss-reactive ketones (excluding diaryl/α,β-unsaturated/α-hetero) is 2. The molecule has 0 spiro atoms. The zero-order valence-electron chi connectivity index (χ0n) is 13.8. The number of carbonyl (C=O) groups is 3. The van der Waals surface area contributed by atoms with E-state index in [0.717, 1.165) is 0 Å². The first-order valence-electron chi connectivity index (χ1n) is 8.11. The summed E-state index contributed by atoms with van der Waals surface area (Å²) in [6.45, 7) is 0.0485. The maximum atomic E-state index is 12.7. The van der Waals surface area contributed by atoms with Crippen LogP contribution in [0.2, 0.25) is 0 Å². The van der Waals surface area contributed by atoms with Crippen LogP contribution in [0.25, 0.3) is 0 Å². The monoisotopic (exact) mass is 340 g/mol. The zero-order valence-corrected chi connectivity index (χ0v) is 13.8. The van der Waals surface area contributed by atoms with Crippen molar-refractivity contribution in [2.24, 2.45) is 5.92 Å². The van der Waals surface area contributed by atoms with Gasteiger partial charge in [0, 0.05) is 17.7 Å². The molecule has 2 rings (SSSR count). The number of benzene rings is 2. The Hall–Kier alpha value is -2.79. The summed E-state index contributed by atoms with van der Waals surface area (Å²) in [5.41, 5.74) is 0.563. The zero-order chi connectivity index (χ0) is 18.1. The first-order chi connectivity index (χ1) is 12.1. The average molecular weight is 340 g/mol. The Labute approximate surface area is 146 Å². The normalized spacial score (nSPS) is 10.5. The van der Waals surface area contributed by atoms with Crippen molar-refractivity contribution >= 4 is 17.5 Å². The largest absolute Gasteiger partial charge is 0.465 e. The smallest absolute Gasteiger partial charge is 0.324 e. The third-order valence-electron chi connectivity index (χ3n) is 3.67. The molecule has 0 atom stereocenters. The molecule has 130 valence electrons. The second-order valence-electron chi connectivity index (χ2n) is 5.49. The van der Waals surface area contributed by atoms with Crippen LogP contribution in [0.3, 0.4) is 0 Å². The van der Waals surface area contributed by atoms with Gasteiger partial charge >= 0.3 is 5.97 Å². The van der Waals surface area contributed by atoms with E-state index in [0.29, 0.717) is 12.8 Å². The highest BCUT2D eigenvalue weighted by atomic mass is 16.5. The minimum Gasteiger partial charge on any atom is -0.465 e. The topological polar surface area (TPSA) is 80.7 Å². The van der Waals surface area contributed by atoms with Crippen LogP contribution in [-0.4, -0.2) is 35.9 Å². The van der Waals surface area contributed by atoms with Crippen LogP contribution in [0, 0.1) is 5.92 Å². The van der Waals surface area contributed by atoms with E-state index in [2.05, 4.69) is 0 Å². The van der Waals surface area contributed by atoms with Gasteiger partial charge in [0.2, 0.25) is 0 Å². The molecule has 0 fully saturated rings. The highest BCUT2D eigenvalue weighted by Gasteiger charge is 2.36. The molecule has 5 heteroatoms. The van der Waals surface area contributed by atoms with Crippen molar-refractivity contribution in [3.05, 3.63) is 71.8 Å². The van der Waals surface area contributed by atoms with Crippen molar-refractivity contribution in [1.29, 1.82) is 0 Å². The van der Waals surface area contributed by atoms with Crippen molar-refractivity contribution < 1.29 is 24.2 Å². The first-order valence-corrected chi connectivity index (χ1v) is 8.11. The Bertz CT molecular complexity index is 658. The summed E-state index contributed by atoms with van der Waals surface area (Å²) in [6.07, 6.45) is 0.950. The molecule has 0 saturated heterocycles. The number of ketones is 2. The minimum absolute atomic E-state index is 0.00707. The fraction of sp³-hybridized carbons (Fsp3) is 0.250. The predicted molar refractivity (Wildman–Crippen MR) is 92.3 cm³/mol. The average Bonchev–Trinajstić information content (AvgIpc) is 2.66. The molecule has 0 radical (unpaired) electrons. The standard InChI is InChI=1S/C20H20O5/c21-13-7-8-14-25-20(24)17(18(22)15-9-3-1-4-10-15)19(23)16-11-5-2-6-12-16/h1-6,9-12,17,21H,7-8,13-14H2. The second-order valence-corrected chi connectivity index (χ2v) is 5.49. The van der Waals surface area contributed by atoms with E-state index < -0.39 is 23.5 Å². The van der Waals surface area contributed by atoms with Crippen LogP contribution in [0.15, 0.2) is 60.7 Å². The minimum atomic E-state index is -1.53. The molecule has 0 aliphatic rings. The molecule has 0 aliphatic heterocycles. The Morgan fingerprint density at radius 3 is 1.72 bits per heavy atom. The number of unbranched alkanes of at least 4 members (excludes halogenated alkanes) is 1. The van der Waals surface area contributed by atoms with Gasteiger partial charge in [-0.2, -0.15) is 0 Å². The molecule has 0 amide bonds. The van der Waals surface area contributed by atoms with E-state index in [-0.39, 0.29) is 24.3 Å². The Balaban J connectivity index is 2.23. The van der Waals surface area contributed by atoms with Gasteiger partial charge in [-0.15, -0.1) is 0 Å². The fourth-order valence-electron chi connectivity index (χ4n) is 2.34. The summed E-state index contributed by atoms with van der Waals surface area (Å²) in [5, 5.41) is 8.77. The maximum absolute atomic E-state index is 12.7. The molecule has 0 aromatic heterocycles. The van der Waals surface area contributed by atoms with Gasteiger partial charge in [-0.1, -0.05) is 60.7 Å². The van der Waals surface area contributed by atoms with E-state index in [9.17, 15) is 14.4 Å². The molecule has 2 aromatic carbocycles. The van der Waals surface area contributed by atoms with Crippen molar-refractivity contribution in [3.63, 3.8) is 0 Å². The number of carbonyl (C=O) groups excluding carboxylic acids is 3. The molecular formula is C20H20O5. The van der Waals surface area contributed by atoms with Gasteiger partial charge in [-0.05, 0) is 12.8 Å². The van der Waals surface area contributed by atoms with Gasteiger partial charge in [0.05, 0.1) is 6.61 Å². The molecule has 25 heavy (non-hydrogen) atoms. The summed E-state index contributed by atoms with van der Waals surface area (Å²) in [7, 11) is 0. The number of hydrogen-bond acceptors (Lipinski definition) is 5. The third kappa shape index (κ3) is 5.09. The van der Waals surface area contributed by atoms with Crippen molar-refractivity contribution in [3.8, 4) is 0 Å². The summed E-state index contributed by atoms with van der Waals surface area (Å²) in [4.78, 5) is 37.9. The number of ether oxygens (including phenoxy) is 1. The number of hydrogen-bond donors (Lipinski definition) is 1. The summed E-state index contributed by atoms with van der Waals surface area (Å²) >= 11 is 0. The van der Waals surface area contributed by atoms with Crippen molar-refractivity contribution in [2.45, 2.75) is 12.8 Å². The second kappa shape index (κ2) is 9.49. The van der Waals surface area contributed by atoms with E-state index in [4.69, 9.17) is 9.84 Å². The highest BCUT2D eigenvalue weighted by molar-refractivity contribution is 6.26. The number of aliphatic hydroxyl groups is 1. The van der Waals surface area contributed by atoms with E-state index in [1.54, 1.807) is 60.7 Å². The molecule has 5 nitrogen and oxygen atoms in total. The van der Waals surface area contributed by atoms with Crippen LogP contribution < -0.4 is 0 Å². The SMILES string of the molecule is O=C(OCCCCO)C(C(=O)c1ccccc1)C(=O)c1ccccc1. The third-order valence-corrected chi connectivity index (χ3v) is 3.67. The van der Waals surface area contributed by atoms with Crippen LogP contribution >= 0.6 is 0 Å². The fourth-order valence-corrected chi connectivity index (χ4v) is 2.34. The number of rotatable bonds is 9. The summed E-state index contributed by atoms with van der Waals surface area (Å²) < 4.78 is 5.10. The maximum Gasteiger partial charge on any atom is 0.324 e. The van der Waals surface area contributed by atoms with Crippen molar-refractivity contribution in [1.82, 2.24) is 0 Å². The van der Waals surface area contributed by atoms with Crippen LogP contribution in [0.5, 0.6) is 0 Å². The van der Waals surface area contributed by atoms with Crippen molar-refractivity contribution in [2.75, 3.05) is 13.2 Å². The van der Waals surface area contributed by atoms with E-state index in [1.165, 1.54) is 0 Å². The van der Waals surface area contributed by atoms with Gasteiger partial charge in [0.1, 0.15) is 0 Å². The number of esters is 1. The van der Waals surface area contributed by atoms with E-state index >= 15 is 0 Å². The Kier molecular flexibility index (Phi) is 7.04. The van der Waals surface area contributed by atoms with Gasteiger partial charge in [-0.3, -0.25) is 14.4 Å². The molecular weight excluding hydrogens is 320 g/mol. The summed E-state index contributed by atoms with van der Waals surface area (Å²) in [5.74, 6) is -3.55. The molecule has 0 aliphatic carbocycles. The molecule has 0 unspecified atom stereocenters.